The van der Waals surface area contributed by atoms with E-state index in [1.807, 2.05) is 18.2 Å². The number of hydrogen-bond donors (Lipinski definition) is 2. The van der Waals surface area contributed by atoms with Crippen LogP contribution < -0.4 is 11.1 Å². The second kappa shape index (κ2) is 5.42. The van der Waals surface area contributed by atoms with Crippen LogP contribution in [0.15, 0.2) is 18.2 Å². The van der Waals surface area contributed by atoms with E-state index in [9.17, 15) is 0 Å². The Morgan fingerprint density at radius 3 is 3.12 bits per heavy atom. The molecule has 4 nitrogen and oxygen atoms in total. The van der Waals surface area contributed by atoms with Crippen molar-refractivity contribution in [2.75, 3.05) is 25.5 Å². The summed E-state index contributed by atoms with van der Waals surface area (Å²) in [6, 6.07) is 6.18. The van der Waals surface area contributed by atoms with Gasteiger partial charge in [0.05, 0.1) is 5.69 Å². The van der Waals surface area contributed by atoms with Crippen LogP contribution in [0.5, 0.6) is 0 Å². The third kappa shape index (κ3) is 3.38. The zero-order valence-corrected chi connectivity index (χ0v) is 10.8. The molecule has 1 aromatic rings. The molecule has 2 rings (SSSR count). The van der Waals surface area contributed by atoms with Crippen molar-refractivity contribution in [1.82, 2.24) is 9.88 Å². The average molecular weight is 250 g/mol. The van der Waals surface area contributed by atoms with Crippen molar-refractivity contribution in [3.8, 4) is 0 Å². The van der Waals surface area contributed by atoms with E-state index in [2.05, 4.69) is 22.2 Å². The number of anilines is 1. The Kier molecular flexibility index (Phi) is 3.91. The number of nitrogens with zero attached hydrogens (tertiary/aromatic N) is 2. The molecule has 5 heteroatoms. The maximum absolute atomic E-state index is 5.57. The molecule has 0 amide bonds. The van der Waals surface area contributed by atoms with Crippen molar-refractivity contribution < 1.29 is 0 Å². The van der Waals surface area contributed by atoms with Gasteiger partial charge in [0, 0.05) is 12.6 Å². The van der Waals surface area contributed by atoms with Gasteiger partial charge < -0.3 is 16.0 Å². The van der Waals surface area contributed by atoms with E-state index >= 15 is 0 Å². The Labute approximate surface area is 107 Å². The number of rotatable bonds is 3. The Hall–Kier alpha value is -1.20. The van der Waals surface area contributed by atoms with E-state index in [0.717, 1.165) is 12.4 Å². The van der Waals surface area contributed by atoms with Crippen LogP contribution in [0.1, 0.15) is 18.5 Å². The standard InChI is InChI=1S/C12H18N4S/c1-16-7-3-4-9(8-16)14-11-6-2-5-10(15-11)12(13)17/h2,5-6,9H,3-4,7-8H2,1H3,(H2,13,17)(H,14,15). The van der Waals surface area contributed by atoms with Crippen molar-refractivity contribution in [3.63, 3.8) is 0 Å². The van der Waals surface area contributed by atoms with Gasteiger partial charge in [0.15, 0.2) is 0 Å². The number of aromatic nitrogens is 1. The quantitative estimate of drug-likeness (QED) is 0.790. The lowest BCUT2D eigenvalue weighted by molar-refractivity contribution is 0.261. The number of hydrogen-bond acceptors (Lipinski definition) is 4. The molecule has 0 aromatic carbocycles. The van der Waals surface area contributed by atoms with Crippen LogP contribution in [0.2, 0.25) is 0 Å². The first-order valence-corrected chi connectivity index (χ1v) is 6.28. The lowest BCUT2D eigenvalue weighted by atomic mass is 10.1. The number of nitrogens with one attached hydrogen (secondary N) is 1. The van der Waals surface area contributed by atoms with E-state index < -0.39 is 0 Å². The van der Waals surface area contributed by atoms with Crippen molar-refractivity contribution in [2.45, 2.75) is 18.9 Å². The van der Waals surface area contributed by atoms with Crippen LogP contribution in [-0.2, 0) is 0 Å². The van der Waals surface area contributed by atoms with Crippen molar-refractivity contribution in [3.05, 3.63) is 23.9 Å². The smallest absolute Gasteiger partial charge is 0.126 e. The van der Waals surface area contributed by atoms with Gasteiger partial charge in [0.25, 0.3) is 0 Å². The molecule has 17 heavy (non-hydrogen) atoms. The molecule has 2 heterocycles. The van der Waals surface area contributed by atoms with Gasteiger partial charge >= 0.3 is 0 Å². The van der Waals surface area contributed by atoms with Crippen molar-refractivity contribution in [1.29, 1.82) is 0 Å². The Balaban J connectivity index is 2.02. The Morgan fingerprint density at radius 2 is 2.41 bits per heavy atom. The monoisotopic (exact) mass is 250 g/mol. The van der Waals surface area contributed by atoms with Crippen LogP contribution in [0.3, 0.4) is 0 Å². The minimum atomic E-state index is 0.342. The second-order valence-electron chi connectivity index (χ2n) is 4.52. The maximum Gasteiger partial charge on any atom is 0.126 e. The van der Waals surface area contributed by atoms with Crippen LogP contribution in [0.4, 0.5) is 5.82 Å². The lowest BCUT2D eigenvalue weighted by Crippen LogP contribution is -2.39. The van der Waals surface area contributed by atoms with E-state index in [0.29, 0.717) is 16.7 Å². The van der Waals surface area contributed by atoms with Gasteiger partial charge in [-0.2, -0.15) is 0 Å². The maximum atomic E-state index is 5.57. The average Bonchev–Trinajstić information content (AvgIpc) is 2.29. The number of likely N-dealkylation sites (tertiary alicyclic amines) is 1. The zero-order chi connectivity index (χ0) is 12.3. The summed E-state index contributed by atoms with van der Waals surface area (Å²) >= 11 is 4.92. The molecule has 1 saturated heterocycles. The summed E-state index contributed by atoms with van der Waals surface area (Å²) in [5.41, 5.74) is 6.25. The highest BCUT2D eigenvalue weighted by Crippen LogP contribution is 2.13. The minimum Gasteiger partial charge on any atom is -0.388 e. The molecule has 0 saturated carbocycles. The lowest BCUT2D eigenvalue weighted by Gasteiger charge is -2.30. The van der Waals surface area contributed by atoms with Crippen LogP contribution in [0, 0.1) is 0 Å². The van der Waals surface area contributed by atoms with Crippen molar-refractivity contribution >= 4 is 23.0 Å². The van der Waals surface area contributed by atoms with E-state index in [-0.39, 0.29) is 0 Å². The zero-order valence-electron chi connectivity index (χ0n) is 10.0. The Bertz CT molecular complexity index is 407. The summed E-state index contributed by atoms with van der Waals surface area (Å²) in [7, 11) is 2.15. The van der Waals surface area contributed by atoms with Gasteiger partial charge in [-0.15, -0.1) is 0 Å². The largest absolute Gasteiger partial charge is 0.388 e. The third-order valence-electron chi connectivity index (χ3n) is 2.98. The van der Waals surface area contributed by atoms with Gasteiger partial charge in [-0.05, 0) is 38.6 Å². The van der Waals surface area contributed by atoms with Crippen molar-refractivity contribution in [2.24, 2.45) is 5.73 Å². The summed E-state index contributed by atoms with van der Waals surface area (Å²) in [5.74, 6) is 0.857. The van der Waals surface area contributed by atoms with Gasteiger partial charge in [-0.1, -0.05) is 18.3 Å². The number of likely N-dealkylation sites (N-methyl/N-ethyl adjacent to an activating group) is 1. The van der Waals surface area contributed by atoms with E-state index in [1.165, 1.54) is 19.4 Å². The molecule has 0 bridgehead atoms. The molecule has 92 valence electrons. The number of thiocarbonyl (C=S) groups is 1. The second-order valence-corrected chi connectivity index (χ2v) is 4.96. The number of piperidine rings is 1. The normalized spacial score (nSPS) is 21.1. The highest BCUT2D eigenvalue weighted by atomic mass is 32.1. The van der Waals surface area contributed by atoms with Gasteiger partial charge in [0.2, 0.25) is 0 Å². The molecule has 1 unspecified atom stereocenters. The predicted octanol–water partition coefficient (Wildman–Crippen LogP) is 1.22. The van der Waals surface area contributed by atoms with Gasteiger partial charge in [-0.25, -0.2) is 4.98 Å². The van der Waals surface area contributed by atoms with Gasteiger partial charge in [0.1, 0.15) is 10.8 Å². The molecule has 3 N–H and O–H groups in total. The summed E-state index contributed by atoms with van der Waals surface area (Å²) in [4.78, 5) is 7.07. The topological polar surface area (TPSA) is 54.2 Å². The first kappa shape index (κ1) is 12.3. The van der Waals surface area contributed by atoms with E-state index in [1.54, 1.807) is 0 Å². The summed E-state index contributed by atoms with van der Waals surface area (Å²) in [5, 5.41) is 3.44. The molecule has 1 aliphatic heterocycles. The predicted molar refractivity (Wildman–Crippen MR) is 74.3 cm³/mol. The Morgan fingerprint density at radius 1 is 1.59 bits per heavy atom. The number of nitrogens with two attached hydrogens (primary N) is 1. The first-order valence-electron chi connectivity index (χ1n) is 5.87. The minimum absolute atomic E-state index is 0.342. The molecule has 1 aliphatic rings. The fourth-order valence-electron chi connectivity index (χ4n) is 2.15. The highest BCUT2D eigenvalue weighted by molar-refractivity contribution is 7.80. The summed E-state index contributed by atoms with van der Waals surface area (Å²) in [6.07, 6.45) is 2.41. The van der Waals surface area contributed by atoms with Gasteiger partial charge in [-0.3, -0.25) is 0 Å². The SMILES string of the molecule is CN1CCCC(Nc2cccc(C(N)=S)n2)C1. The first-order chi connectivity index (χ1) is 8.15. The molecular formula is C12H18N4S. The summed E-state index contributed by atoms with van der Waals surface area (Å²) in [6.45, 7) is 2.23. The third-order valence-corrected chi connectivity index (χ3v) is 3.19. The highest BCUT2D eigenvalue weighted by Gasteiger charge is 2.17. The molecular weight excluding hydrogens is 232 g/mol. The van der Waals surface area contributed by atoms with Crippen LogP contribution in [-0.4, -0.2) is 41.1 Å². The fourth-order valence-corrected chi connectivity index (χ4v) is 2.26. The molecule has 0 aliphatic carbocycles. The fraction of sp³-hybridized carbons (Fsp3) is 0.500. The molecule has 0 radical (unpaired) electrons. The molecule has 1 atom stereocenters. The van der Waals surface area contributed by atoms with Crippen LogP contribution >= 0.6 is 12.2 Å². The van der Waals surface area contributed by atoms with Crippen LogP contribution in [0.25, 0.3) is 0 Å². The molecule has 1 fully saturated rings. The molecule has 1 aromatic heterocycles. The molecule has 0 spiro atoms. The number of pyridine rings is 1. The summed E-state index contributed by atoms with van der Waals surface area (Å²) < 4.78 is 0. The van der Waals surface area contributed by atoms with E-state index in [4.69, 9.17) is 18.0 Å².